The van der Waals surface area contributed by atoms with Gasteiger partial charge in [-0.05, 0) is 36.2 Å². The Labute approximate surface area is 142 Å². The summed E-state index contributed by atoms with van der Waals surface area (Å²) in [4.78, 5) is 35.8. The molecule has 0 saturated carbocycles. The van der Waals surface area contributed by atoms with Crippen LogP contribution in [0.3, 0.4) is 0 Å². The molecule has 0 saturated heterocycles. The van der Waals surface area contributed by atoms with Gasteiger partial charge in [-0.25, -0.2) is 9.59 Å². The molecule has 2 N–H and O–H groups in total. The first-order valence-electron chi connectivity index (χ1n) is 6.90. The summed E-state index contributed by atoms with van der Waals surface area (Å²) >= 11 is 0.903. The van der Waals surface area contributed by atoms with E-state index in [1.165, 1.54) is 0 Å². The van der Waals surface area contributed by atoms with E-state index in [1.54, 1.807) is 54.6 Å². The van der Waals surface area contributed by atoms with Gasteiger partial charge in [-0.1, -0.05) is 36.4 Å². The normalized spacial score (nSPS) is 10.3. The van der Waals surface area contributed by atoms with E-state index in [-0.39, 0.29) is 0 Å². The number of carboxylic acids is 1. The first-order chi connectivity index (χ1) is 11.6. The molecule has 0 aliphatic rings. The van der Waals surface area contributed by atoms with Gasteiger partial charge < -0.3 is 10.4 Å². The topological polar surface area (TPSA) is 86.7 Å². The van der Waals surface area contributed by atoms with E-state index < -0.39 is 17.9 Å². The van der Waals surface area contributed by atoms with Crippen LogP contribution >= 0.6 is 11.9 Å². The number of hydrogen-bond acceptors (Lipinski definition) is 4. The second-order valence-electron chi connectivity index (χ2n) is 4.50. The fourth-order valence-corrected chi connectivity index (χ4v) is 2.45. The minimum absolute atomic E-state index is 0.524. The van der Waals surface area contributed by atoms with Crippen LogP contribution in [0.5, 0.6) is 0 Å². The van der Waals surface area contributed by atoms with Crippen molar-refractivity contribution in [1.29, 1.82) is 0 Å². The molecule has 2 aromatic carbocycles. The Morgan fingerprint density at radius 2 is 1.50 bits per heavy atom. The largest absolute Gasteiger partial charge is 0.478 e. The lowest BCUT2D eigenvalue weighted by Gasteiger charge is -2.18. The predicted molar refractivity (Wildman–Crippen MR) is 91.4 cm³/mol. The minimum Gasteiger partial charge on any atom is -0.478 e. The first kappa shape index (κ1) is 17.3. The summed E-state index contributed by atoms with van der Waals surface area (Å²) in [5.74, 6) is -2.02. The number of nitrogens with zero attached hydrogens (tertiary/aromatic N) is 1. The molecule has 0 radical (unpaired) electrons. The highest BCUT2D eigenvalue weighted by Gasteiger charge is 2.21. The Bertz CT molecular complexity index is 748. The number of para-hydroxylation sites is 1. The highest BCUT2D eigenvalue weighted by Crippen LogP contribution is 2.24. The highest BCUT2D eigenvalue weighted by molar-refractivity contribution is 7.98. The molecule has 122 valence electrons. The number of carbonyl (C=O) groups excluding carboxylic acids is 2. The van der Waals surface area contributed by atoms with Gasteiger partial charge in [0.2, 0.25) is 0 Å². The van der Waals surface area contributed by atoms with Crippen LogP contribution in [0, 0.1) is 0 Å². The molecule has 0 atom stereocenters. The van der Waals surface area contributed by atoms with Crippen molar-refractivity contribution < 1.29 is 19.5 Å². The van der Waals surface area contributed by atoms with Crippen LogP contribution in [0.2, 0.25) is 0 Å². The molecule has 2 aromatic rings. The van der Waals surface area contributed by atoms with Crippen LogP contribution < -0.4 is 5.32 Å². The van der Waals surface area contributed by atoms with E-state index in [4.69, 9.17) is 5.11 Å². The van der Waals surface area contributed by atoms with Crippen molar-refractivity contribution in [2.75, 3.05) is 5.32 Å². The Kier molecular flexibility index (Phi) is 6.16. The lowest BCUT2D eigenvalue weighted by molar-refractivity contribution is -0.131. The van der Waals surface area contributed by atoms with Crippen molar-refractivity contribution in [3.63, 3.8) is 0 Å². The third kappa shape index (κ3) is 5.29. The summed E-state index contributed by atoms with van der Waals surface area (Å²) in [5, 5.41) is 11.2. The third-order valence-electron chi connectivity index (χ3n) is 2.72. The van der Waals surface area contributed by atoms with E-state index in [0.29, 0.717) is 16.7 Å². The fourth-order valence-electron chi connectivity index (χ4n) is 1.68. The quantitative estimate of drug-likeness (QED) is 0.642. The molecule has 2 rings (SSSR count). The molecule has 0 aliphatic heterocycles. The van der Waals surface area contributed by atoms with Crippen LogP contribution in [0.25, 0.3) is 0 Å². The number of rotatable bonds is 5. The number of anilines is 1. The van der Waals surface area contributed by atoms with E-state index in [0.717, 1.165) is 22.3 Å². The van der Waals surface area contributed by atoms with Crippen LogP contribution in [0.1, 0.15) is 0 Å². The Balaban J connectivity index is 2.19. The van der Waals surface area contributed by atoms with Crippen LogP contribution in [0.4, 0.5) is 10.5 Å². The van der Waals surface area contributed by atoms with Crippen molar-refractivity contribution in [2.24, 2.45) is 0 Å². The van der Waals surface area contributed by atoms with E-state index in [2.05, 4.69) is 5.32 Å². The zero-order chi connectivity index (χ0) is 17.4. The molecule has 0 unspecified atom stereocenters. The Morgan fingerprint density at radius 3 is 2.08 bits per heavy atom. The summed E-state index contributed by atoms with van der Waals surface area (Å²) in [6, 6.07) is 16.8. The predicted octanol–water partition coefficient (Wildman–Crippen LogP) is 3.40. The first-order valence-corrected chi connectivity index (χ1v) is 7.68. The van der Waals surface area contributed by atoms with E-state index >= 15 is 0 Å². The number of hydrogen-bond donors (Lipinski definition) is 2. The zero-order valence-electron chi connectivity index (χ0n) is 12.5. The maximum atomic E-state index is 12.4. The minimum atomic E-state index is -1.27. The molecule has 0 fully saturated rings. The summed E-state index contributed by atoms with van der Waals surface area (Å²) in [7, 11) is 0. The molecule has 0 aromatic heterocycles. The van der Waals surface area contributed by atoms with Crippen molar-refractivity contribution in [3.05, 3.63) is 72.8 Å². The Hall–Kier alpha value is -3.06. The van der Waals surface area contributed by atoms with E-state index in [9.17, 15) is 14.4 Å². The monoisotopic (exact) mass is 342 g/mol. The van der Waals surface area contributed by atoms with Gasteiger partial charge in [0.1, 0.15) is 0 Å². The lowest BCUT2D eigenvalue weighted by Crippen LogP contribution is -2.33. The Morgan fingerprint density at radius 1 is 0.917 bits per heavy atom. The zero-order valence-corrected chi connectivity index (χ0v) is 13.3. The number of aliphatic carboxylic acids is 1. The van der Waals surface area contributed by atoms with Crippen molar-refractivity contribution in [1.82, 2.24) is 4.31 Å². The summed E-state index contributed by atoms with van der Waals surface area (Å²) < 4.78 is 0.863. The van der Waals surface area contributed by atoms with Gasteiger partial charge in [0.05, 0.1) is 0 Å². The molecule has 3 amide bonds. The average Bonchev–Trinajstić information content (AvgIpc) is 2.59. The van der Waals surface area contributed by atoms with Crippen LogP contribution in [0.15, 0.2) is 77.7 Å². The van der Waals surface area contributed by atoms with Gasteiger partial charge in [-0.3, -0.25) is 4.79 Å². The molecule has 24 heavy (non-hydrogen) atoms. The van der Waals surface area contributed by atoms with Crippen LogP contribution in [-0.2, 0) is 9.59 Å². The maximum absolute atomic E-state index is 12.4. The molecule has 6 nitrogen and oxygen atoms in total. The second-order valence-corrected chi connectivity index (χ2v) is 5.52. The number of benzene rings is 2. The smallest absolute Gasteiger partial charge is 0.339 e. The van der Waals surface area contributed by atoms with Gasteiger partial charge in [0, 0.05) is 22.7 Å². The molecule has 7 heteroatoms. The van der Waals surface area contributed by atoms with Crippen molar-refractivity contribution in [2.45, 2.75) is 4.90 Å². The number of amides is 3. The van der Waals surface area contributed by atoms with E-state index in [1.807, 2.05) is 6.07 Å². The number of carbonyl (C=O) groups is 3. The summed E-state index contributed by atoms with van der Waals surface area (Å²) in [6.45, 7) is 0. The average molecular weight is 342 g/mol. The van der Waals surface area contributed by atoms with Gasteiger partial charge in [0.15, 0.2) is 0 Å². The maximum Gasteiger partial charge on any atom is 0.339 e. The molecule has 0 spiro atoms. The number of urea groups is 1. The lowest BCUT2D eigenvalue weighted by atomic mass is 10.3. The molecule has 0 aliphatic carbocycles. The van der Waals surface area contributed by atoms with Gasteiger partial charge in [0.25, 0.3) is 5.91 Å². The highest BCUT2D eigenvalue weighted by atomic mass is 32.2. The van der Waals surface area contributed by atoms with Crippen molar-refractivity contribution in [3.8, 4) is 0 Å². The standard InChI is InChI=1S/C17H14N2O4S/c20-15(11-12-16(21)22)19(24-14-9-5-2-6-10-14)17(23)18-13-7-3-1-4-8-13/h1-12H,(H,18,23)(H,21,22). The number of imide groups is 1. The van der Waals surface area contributed by atoms with Gasteiger partial charge in [-0.2, -0.15) is 4.31 Å². The van der Waals surface area contributed by atoms with Gasteiger partial charge >= 0.3 is 12.0 Å². The molecule has 0 bridgehead atoms. The van der Waals surface area contributed by atoms with Gasteiger partial charge in [-0.15, -0.1) is 0 Å². The number of carboxylic acid groups (broad SMARTS) is 1. The second kappa shape index (κ2) is 8.54. The SMILES string of the molecule is O=C(O)C=CC(=O)N(Sc1ccccc1)C(=O)Nc1ccccc1. The van der Waals surface area contributed by atoms with Crippen LogP contribution in [-0.4, -0.2) is 27.3 Å². The third-order valence-corrected chi connectivity index (χ3v) is 3.73. The number of nitrogens with one attached hydrogen (secondary N) is 1. The fraction of sp³-hybridized carbons (Fsp3) is 0. The molecule has 0 heterocycles. The van der Waals surface area contributed by atoms with Crippen molar-refractivity contribution >= 4 is 35.5 Å². The summed E-state index contributed by atoms with van der Waals surface area (Å²) in [5.41, 5.74) is 0.524. The molecular formula is C17H14N2O4S. The molecular weight excluding hydrogens is 328 g/mol. The summed E-state index contributed by atoms with van der Waals surface area (Å²) in [6.07, 6.45) is 1.53.